The molecule has 0 unspecified atom stereocenters. The SMILES string of the molecule is N#Cc1ccc(C(=O)N2CCC[C@@H](c3nccn3Cc3ccncc3)C2)cn1. The van der Waals surface area contributed by atoms with Gasteiger partial charge in [0, 0.05) is 56.5 Å². The van der Waals surface area contributed by atoms with Gasteiger partial charge < -0.3 is 9.47 Å². The molecule has 1 saturated heterocycles. The number of carbonyl (C=O) groups excluding carboxylic acids is 1. The molecule has 0 bridgehead atoms. The van der Waals surface area contributed by atoms with Gasteiger partial charge in [0.1, 0.15) is 17.6 Å². The van der Waals surface area contributed by atoms with Crippen molar-refractivity contribution in [1.29, 1.82) is 5.26 Å². The molecule has 4 rings (SSSR count). The van der Waals surface area contributed by atoms with Crippen LogP contribution in [0.2, 0.25) is 0 Å². The van der Waals surface area contributed by atoms with Gasteiger partial charge in [-0.15, -0.1) is 0 Å². The quantitative estimate of drug-likeness (QED) is 0.702. The first kappa shape index (κ1) is 17.9. The van der Waals surface area contributed by atoms with E-state index in [-0.39, 0.29) is 11.8 Å². The summed E-state index contributed by atoms with van der Waals surface area (Å²) in [5, 5.41) is 8.87. The lowest BCUT2D eigenvalue weighted by atomic mass is 9.96. The molecule has 0 N–H and O–H groups in total. The molecule has 140 valence electrons. The molecule has 3 aromatic rings. The third kappa shape index (κ3) is 3.76. The molecule has 0 saturated carbocycles. The minimum absolute atomic E-state index is 0.0473. The molecule has 1 fully saturated rings. The predicted octanol–water partition coefficient (Wildman–Crippen LogP) is 2.61. The van der Waals surface area contributed by atoms with Crippen molar-refractivity contribution in [1.82, 2.24) is 24.4 Å². The number of aromatic nitrogens is 4. The minimum atomic E-state index is -0.0473. The fourth-order valence-electron chi connectivity index (χ4n) is 3.64. The molecule has 0 spiro atoms. The Bertz CT molecular complexity index is 990. The van der Waals surface area contributed by atoms with E-state index in [1.165, 1.54) is 11.8 Å². The fourth-order valence-corrected chi connectivity index (χ4v) is 3.64. The van der Waals surface area contributed by atoms with E-state index >= 15 is 0 Å². The lowest BCUT2D eigenvalue weighted by Crippen LogP contribution is -2.39. The predicted molar refractivity (Wildman–Crippen MR) is 102 cm³/mol. The maximum Gasteiger partial charge on any atom is 0.255 e. The van der Waals surface area contributed by atoms with Crippen molar-refractivity contribution >= 4 is 5.91 Å². The zero-order valence-corrected chi connectivity index (χ0v) is 15.4. The second-order valence-electron chi connectivity index (χ2n) is 6.90. The standard InChI is InChI=1S/C21H20N6O/c22-12-19-4-3-17(13-25-19)21(28)27-10-1-2-18(15-27)20-24-9-11-26(20)14-16-5-7-23-8-6-16/h3-9,11,13,18H,1-2,10,14-15H2/t18-/m1/s1. The Kier molecular flexibility index (Phi) is 5.11. The van der Waals surface area contributed by atoms with Gasteiger partial charge in [0.25, 0.3) is 5.91 Å². The first-order valence-electron chi connectivity index (χ1n) is 9.30. The van der Waals surface area contributed by atoms with Crippen molar-refractivity contribution in [2.24, 2.45) is 0 Å². The van der Waals surface area contributed by atoms with Crippen LogP contribution in [0, 0.1) is 11.3 Å². The summed E-state index contributed by atoms with van der Waals surface area (Å²) in [6, 6.07) is 9.22. The maximum atomic E-state index is 12.9. The monoisotopic (exact) mass is 372 g/mol. The summed E-state index contributed by atoms with van der Waals surface area (Å²) in [6.07, 6.45) is 10.8. The van der Waals surface area contributed by atoms with Crippen LogP contribution in [0.5, 0.6) is 0 Å². The lowest BCUT2D eigenvalue weighted by Gasteiger charge is -2.32. The zero-order valence-electron chi connectivity index (χ0n) is 15.4. The molecule has 28 heavy (non-hydrogen) atoms. The number of nitriles is 1. The molecule has 1 atom stereocenters. The summed E-state index contributed by atoms with van der Waals surface area (Å²) in [5.74, 6) is 1.15. The molecule has 1 amide bonds. The summed E-state index contributed by atoms with van der Waals surface area (Å²) >= 11 is 0. The number of hydrogen-bond donors (Lipinski definition) is 0. The van der Waals surface area contributed by atoms with Crippen LogP contribution >= 0.6 is 0 Å². The Morgan fingerprint density at radius 3 is 2.79 bits per heavy atom. The Hall–Kier alpha value is -3.53. The van der Waals surface area contributed by atoms with Crippen molar-refractivity contribution in [3.05, 3.63) is 77.9 Å². The van der Waals surface area contributed by atoms with Crippen molar-refractivity contribution in [2.45, 2.75) is 25.3 Å². The van der Waals surface area contributed by atoms with E-state index in [4.69, 9.17) is 5.26 Å². The van der Waals surface area contributed by atoms with Gasteiger partial charge in [-0.3, -0.25) is 9.78 Å². The summed E-state index contributed by atoms with van der Waals surface area (Å²) in [4.78, 5) is 27.4. The van der Waals surface area contributed by atoms with Crippen molar-refractivity contribution < 1.29 is 4.79 Å². The van der Waals surface area contributed by atoms with Crippen molar-refractivity contribution in [3.8, 4) is 6.07 Å². The van der Waals surface area contributed by atoms with Crippen LogP contribution < -0.4 is 0 Å². The van der Waals surface area contributed by atoms with Gasteiger partial charge in [-0.2, -0.15) is 5.26 Å². The summed E-state index contributed by atoms with van der Waals surface area (Å²) in [6.45, 7) is 2.09. The van der Waals surface area contributed by atoms with Gasteiger partial charge in [-0.05, 0) is 42.7 Å². The van der Waals surface area contributed by atoms with Crippen LogP contribution in [0.25, 0.3) is 0 Å². The number of nitrogens with zero attached hydrogens (tertiary/aromatic N) is 6. The number of piperidine rings is 1. The number of imidazole rings is 1. The number of hydrogen-bond acceptors (Lipinski definition) is 5. The second kappa shape index (κ2) is 8.01. The third-order valence-electron chi connectivity index (χ3n) is 5.05. The van der Waals surface area contributed by atoms with E-state index in [1.807, 2.05) is 35.5 Å². The number of carbonyl (C=O) groups is 1. The minimum Gasteiger partial charge on any atom is -0.338 e. The molecule has 7 nitrogen and oxygen atoms in total. The highest BCUT2D eigenvalue weighted by atomic mass is 16.2. The molecule has 1 aliphatic heterocycles. The number of rotatable bonds is 4. The normalized spacial score (nSPS) is 16.5. The van der Waals surface area contributed by atoms with E-state index in [0.717, 1.165) is 31.8 Å². The Balaban J connectivity index is 1.49. The molecule has 1 aliphatic rings. The third-order valence-corrected chi connectivity index (χ3v) is 5.05. The molecular formula is C21H20N6O. The highest BCUT2D eigenvalue weighted by Gasteiger charge is 2.28. The topological polar surface area (TPSA) is 87.7 Å². The molecular weight excluding hydrogens is 352 g/mol. The molecule has 7 heteroatoms. The average molecular weight is 372 g/mol. The van der Waals surface area contributed by atoms with E-state index < -0.39 is 0 Å². The number of likely N-dealkylation sites (tertiary alicyclic amines) is 1. The Morgan fingerprint density at radius 2 is 2.04 bits per heavy atom. The van der Waals surface area contributed by atoms with Crippen LogP contribution in [0.1, 0.15) is 46.2 Å². The van der Waals surface area contributed by atoms with Gasteiger partial charge in [0.15, 0.2) is 0 Å². The van der Waals surface area contributed by atoms with Gasteiger partial charge in [0.05, 0.1) is 5.56 Å². The maximum absolute atomic E-state index is 12.9. The van der Waals surface area contributed by atoms with E-state index in [9.17, 15) is 4.79 Å². The summed E-state index contributed by atoms with van der Waals surface area (Å²) in [7, 11) is 0. The van der Waals surface area contributed by atoms with E-state index in [2.05, 4.69) is 19.5 Å². The van der Waals surface area contributed by atoms with E-state index in [0.29, 0.717) is 17.8 Å². The number of pyridine rings is 2. The van der Waals surface area contributed by atoms with Crippen molar-refractivity contribution in [2.75, 3.05) is 13.1 Å². The van der Waals surface area contributed by atoms with E-state index in [1.54, 1.807) is 24.5 Å². The number of amides is 1. The van der Waals surface area contributed by atoms with Crippen LogP contribution in [0.3, 0.4) is 0 Å². The smallest absolute Gasteiger partial charge is 0.255 e. The van der Waals surface area contributed by atoms with Crippen molar-refractivity contribution in [3.63, 3.8) is 0 Å². The largest absolute Gasteiger partial charge is 0.338 e. The second-order valence-corrected chi connectivity index (χ2v) is 6.90. The van der Waals surface area contributed by atoms with Crippen LogP contribution in [-0.2, 0) is 6.54 Å². The van der Waals surface area contributed by atoms with Crippen LogP contribution in [0.15, 0.2) is 55.2 Å². The Labute approximate surface area is 163 Å². The lowest BCUT2D eigenvalue weighted by molar-refractivity contribution is 0.0703. The summed E-state index contributed by atoms with van der Waals surface area (Å²) in [5.41, 5.74) is 1.99. The van der Waals surface area contributed by atoms with Crippen LogP contribution in [-0.4, -0.2) is 43.4 Å². The summed E-state index contributed by atoms with van der Waals surface area (Å²) < 4.78 is 2.15. The van der Waals surface area contributed by atoms with Gasteiger partial charge in [-0.25, -0.2) is 9.97 Å². The molecule has 0 aromatic carbocycles. The molecule has 3 aromatic heterocycles. The molecule has 0 aliphatic carbocycles. The average Bonchev–Trinajstić information content (AvgIpc) is 3.22. The first-order chi connectivity index (χ1) is 13.7. The van der Waals surface area contributed by atoms with Crippen LogP contribution in [0.4, 0.5) is 0 Å². The van der Waals surface area contributed by atoms with Gasteiger partial charge in [-0.1, -0.05) is 0 Å². The van der Waals surface area contributed by atoms with Gasteiger partial charge in [0.2, 0.25) is 0 Å². The highest BCUT2D eigenvalue weighted by Crippen LogP contribution is 2.27. The molecule has 0 radical (unpaired) electrons. The molecule has 4 heterocycles. The highest BCUT2D eigenvalue weighted by molar-refractivity contribution is 5.94. The zero-order chi connectivity index (χ0) is 19.3. The van der Waals surface area contributed by atoms with Gasteiger partial charge >= 0.3 is 0 Å². The first-order valence-corrected chi connectivity index (χ1v) is 9.30. The Morgan fingerprint density at radius 1 is 1.18 bits per heavy atom. The fraction of sp³-hybridized carbons (Fsp3) is 0.286.